The first-order valence-corrected chi connectivity index (χ1v) is 18.9. The first-order valence-electron chi connectivity index (χ1n) is 18.2. The van der Waals surface area contributed by atoms with Crippen molar-refractivity contribution in [1.29, 1.82) is 0 Å². The van der Waals surface area contributed by atoms with Crippen molar-refractivity contribution >= 4 is 51.9 Å². The second-order valence-corrected chi connectivity index (χ2v) is 14.6. The van der Waals surface area contributed by atoms with Crippen LogP contribution in [0.5, 0.6) is 0 Å². The van der Waals surface area contributed by atoms with Gasteiger partial charge in [-0.25, -0.2) is 14.6 Å². The van der Waals surface area contributed by atoms with Crippen molar-refractivity contribution < 1.29 is 19.1 Å². The van der Waals surface area contributed by atoms with Crippen molar-refractivity contribution in [2.75, 3.05) is 26.8 Å². The van der Waals surface area contributed by atoms with Crippen LogP contribution in [0.4, 0.5) is 0 Å². The Bertz CT molecular complexity index is 1660. The van der Waals surface area contributed by atoms with Crippen LogP contribution in [0.25, 0.3) is 16.7 Å². The fourth-order valence-electron chi connectivity index (χ4n) is 7.70. The van der Waals surface area contributed by atoms with Gasteiger partial charge in [0.2, 0.25) is 0 Å². The zero-order valence-electron chi connectivity index (χ0n) is 30.1. The van der Waals surface area contributed by atoms with E-state index in [9.17, 15) is 9.59 Å². The van der Waals surface area contributed by atoms with Crippen molar-refractivity contribution in [1.82, 2.24) is 30.0 Å². The number of likely N-dealkylation sites (tertiary alicyclic amines) is 1. The molecule has 272 valence electrons. The first kappa shape index (κ1) is 38.2. The summed E-state index contributed by atoms with van der Waals surface area (Å²) in [4.78, 5) is 35.1. The number of allylic oxidation sites excluding steroid dienone is 1. The highest BCUT2D eigenvalue weighted by Gasteiger charge is 2.35. The highest BCUT2D eigenvalue weighted by molar-refractivity contribution is 6.35. The summed E-state index contributed by atoms with van der Waals surface area (Å²) in [6, 6.07) is 6.90. The summed E-state index contributed by atoms with van der Waals surface area (Å²) in [5.41, 5.74) is 5.48. The minimum absolute atomic E-state index is 0.0637. The molecule has 2 fully saturated rings. The lowest BCUT2D eigenvalue weighted by molar-refractivity contribution is -0.143. The highest BCUT2D eigenvalue weighted by atomic mass is 35.5. The maximum Gasteiger partial charge on any atom is 0.305 e. The molecule has 0 spiro atoms. The summed E-state index contributed by atoms with van der Waals surface area (Å²) in [5, 5.41) is 9.34. The number of aryl methyl sites for hydroxylation is 1. The topological polar surface area (TPSA) is 111 Å². The molecule has 12 heteroatoms. The van der Waals surface area contributed by atoms with Gasteiger partial charge in [-0.15, -0.1) is 0 Å². The molecule has 3 aromatic rings. The molecule has 2 aromatic heterocycles. The van der Waals surface area contributed by atoms with Crippen LogP contribution < -0.4 is 5.32 Å². The Labute approximate surface area is 306 Å². The number of rotatable bonds is 11. The van der Waals surface area contributed by atoms with Gasteiger partial charge < -0.3 is 14.8 Å². The fraction of sp³-hybridized carbons (Fsp3) is 0.605. The Morgan fingerprint density at radius 1 is 1.12 bits per heavy atom. The Morgan fingerprint density at radius 3 is 2.62 bits per heavy atom. The number of benzene rings is 1. The zero-order chi connectivity index (χ0) is 35.8. The van der Waals surface area contributed by atoms with Crippen molar-refractivity contribution in [3.05, 3.63) is 57.5 Å². The Hall–Kier alpha value is -3.05. The minimum atomic E-state index is -0.124. The number of carbonyl (C=O) groups is 2. The van der Waals surface area contributed by atoms with Gasteiger partial charge in [0.25, 0.3) is 0 Å². The van der Waals surface area contributed by atoms with Gasteiger partial charge in [0.15, 0.2) is 5.65 Å². The molecule has 1 N–H and O–H groups in total. The lowest BCUT2D eigenvalue weighted by Crippen LogP contribution is -2.44. The lowest BCUT2D eigenvalue weighted by atomic mass is 9.83. The zero-order valence-corrected chi connectivity index (χ0v) is 31.6. The van der Waals surface area contributed by atoms with Crippen LogP contribution >= 0.6 is 23.2 Å². The van der Waals surface area contributed by atoms with Crippen LogP contribution in [0.15, 0.2) is 30.5 Å². The number of methoxy groups -OCH3 is 1. The van der Waals surface area contributed by atoms with E-state index in [-0.39, 0.29) is 18.0 Å². The highest BCUT2D eigenvalue weighted by Crippen LogP contribution is 2.37. The molecule has 2 saturated heterocycles. The molecule has 10 nitrogen and oxygen atoms in total. The number of esters is 2. The molecule has 4 heterocycles. The number of carbonyl (C=O) groups excluding carboxylic acids is 2. The van der Waals surface area contributed by atoms with E-state index >= 15 is 0 Å². The molecule has 0 radical (unpaired) electrons. The second-order valence-electron chi connectivity index (χ2n) is 13.8. The average molecular weight is 728 g/mol. The SMILES string of the molecule is CCOC(=O)CC[C@@H]1CCCN1.COC(=O)CC[C@@H]1CCCN1C1CC=C(c2cnc3c(C)nn([C@H](C)c4ccc(Cl)cc4Cl)c3n2)C[C@H]1C. The minimum Gasteiger partial charge on any atom is -0.469 e. The van der Waals surface area contributed by atoms with Crippen LogP contribution in [-0.4, -0.2) is 81.5 Å². The number of ether oxygens (including phenoxy) is 2. The molecule has 1 aromatic carbocycles. The first-order chi connectivity index (χ1) is 24.1. The van der Waals surface area contributed by atoms with Gasteiger partial charge in [0, 0.05) is 41.0 Å². The lowest BCUT2D eigenvalue weighted by Gasteiger charge is -2.39. The number of aromatic nitrogens is 4. The van der Waals surface area contributed by atoms with Crippen molar-refractivity contribution in [3.63, 3.8) is 0 Å². The summed E-state index contributed by atoms with van der Waals surface area (Å²) in [5.74, 6) is 0.294. The number of nitrogens with zero attached hydrogens (tertiary/aromatic N) is 5. The van der Waals surface area contributed by atoms with Crippen LogP contribution in [0.1, 0.15) is 108 Å². The second kappa shape index (κ2) is 17.9. The fourth-order valence-corrected chi connectivity index (χ4v) is 8.27. The average Bonchev–Trinajstić information content (AvgIpc) is 3.87. The summed E-state index contributed by atoms with van der Waals surface area (Å²) >= 11 is 12.6. The van der Waals surface area contributed by atoms with Gasteiger partial charge in [-0.1, -0.05) is 42.3 Å². The molecular formula is C38H52Cl2N6O4. The third-order valence-electron chi connectivity index (χ3n) is 10.4. The normalized spacial score (nSPS) is 22.9. The molecule has 50 heavy (non-hydrogen) atoms. The quantitative estimate of drug-likeness (QED) is 0.199. The summed E-state index contributed by atoms with van der Waals surface area (Å²) in [6.07, 6.45) is 13.8. The summed E-state index contributed by atoms with van der Waals surface area (Å²) in [6.45, 7) is 10.9. The predicted molar refractivity (Wildman–Crippen MR) is 198 cm³/mol. The van der Waals surface area contributed by atoms with E-state index in [0.29, 0.717) is 53.5 Å². The smallest absolute Gasteiger partial charge is 0.305 e. The van der Waals surface area contributed by atoms with Gasteiger partial charge in [-0.3, -0.25) is 14.5 Å². The van der Waals surface area contributed by atoms with Crippen molar-refractivity contribution in [3.8, 4) is 0 Å². The van der Waals surface area contributed by atoms with Crippen LogP contribution in [0, 0.1) is 12.8 Å². The van der Waals surface area contributed by atoms with Gasteiger partial charge in [0.05, 0.1) is 37.3 Å². The van der Waals surface area contributed by atoms with E-state index in [2.05, 4.69) is 30.1 Å². The summed E-state index contributed by atoms with van der Waals surface area (Å²) < 4.78 is 11.6. The van der Waals surface area contributed by atoms with Gasteiger partial charge >= 0.3 is 11.9 Å². The summed E-state index contributed by atoms with van der Waals surface area (Å²) in [7, 11) is 1.46. The van der Waals surface area contributed by atoms with Crippen molar-refractivity contribution in [2.45, 2.75) is 116 Å². The number of hydrogen-bond donors (Lipinski definition) is 1. The Morgan fingerprint density at radius 2 is 1.92 bits per heavy atom. The van der Waals surface area contributed by atoms with E-state index < -0.39 is 0 Å². The number of nitrogens with one attached hydrogen (secondary N) is 1. The molecule has 1 aliphatic carbocycles. The molecular weight excluding hydrogens is 675 g/mol. The van der Waals surface area contributed by atoms with Crippen LogP contribution in [0.3, 0.4) is 0 Å². The number of hydrogen-bond acceptors (Lipinski definition) is 9. The maximum absolute atomic E-state index is 11.7. The third kappa shape index (κ3) is 9.43. The molecule has 5 atom stereocenters. The molecule has 0 amide bonds. The molecule has 6 rings (SSSR count). The monoisotopic (exact) mass is 726 g/mol. The molecule has 1 unspecified atom stereocenters. The van der Waals surface area contributed by atoms with Gasteiger partial charge in [-0.2, -0.15) is 5.10 Å². The molecule has 3 aliphatic rings. The predicted octanol–water partition coefficient (Wildman–Crippen LogP) is 7.73. The van der Waals surface area contributed by atoms with Gasteiger partial charge in [-0.05, 0) is 114 Å². The molecule has 0 saturated carbocycles. The molecule has 0 bridgehead atoms. The number of halogens is 2. The van der Waals surface area contributed by atoms with E-state index in [1.54, 1.807) is 6.07 Å². The van der Waals surface area contributed by atoms with E-state index in [4.69, 9.17) is 47.7 Å². The Kier molecular flexibility index (Phi) is 13.7. The Balaban J connectivity index is 0.000000343. The van der Waals surface area contributed by atoms with Crippen molar-refractivity contribution in [2.24, 2.45) is 5.92 Å². The van der Waals surface area contributed by atoms with E-state index in [0.717, 1.165) is 73.3 Å². The van der Waals surface area contributed by atoms with E-state index in [1.165, 1.54) is 31.9 Å². The maximum atomic E-state index is 11.7. The van der Waals surface area contributed by atoms with Crippen LogP contribution in [-0.2, 0) is 19.1 Å². The number of fused-ring (bicyclic) bond motifs is 1. The molecule has 2 aliphatic heterocycles. The standard InChI is InChI=1S/C29H35Cl2N5O2.C9H17NO2/c1-17-14-20(7-11-26(17)35-13-5-6-22(35)9-12-27(37)38-4)25-16-32-28-18(2)34-36(29(28)33-25)19(3)23-10-8-21(30)15-24(23)31;1-2-12-9(11)6-5-8-4-3-7-10-8/h7-8,10,15-17,19,22,26H,5-6,9,11-14H2,1-4H3;8,10H,2-7H2,1H3/t17-,19-,22+,26?;8-/m10/s1. The van der Waals surface area contributed by atoms with Crippen LogP contribution in [0.2, 0.25) is 10.0 Å². The van der Waals surface area contributed by atoms with Gasteiger partial charge in [0.1, 0.15) is 5.52 Å². The largest absolute Gasteiger partial charge is 0.469 e. The third-order valence-corrected chi connectivity index (χ3v) is 11.0. The van der Waals surface area contributed by atoms with E-state index in [1.807, 2.05) is 36.9 Å².